The molecule has 0 bridgehead atoms. The Bertz CT molecular complexity index is 960. The number of nitrogens with one attached hydrogen (secondary N) is 2. The predicted molar refractivity (Wildman–Crippen MR) is 133 cm³/mol. The zero-order valence-corrected chi connectivity index (χ0v) is 20.4. The van der Waals surface area contributed by atoms with Crippen LogP contribution in [0.15, 0.2) is 48.5 Å². The summed E-state index contributed by atoms with van der Waals surface area (Å²) in [6.07, 6.45) is 4.17. The lowest BCUT2D eigenvalue weighted by Crippen LogP contribution is -2.41. The molecule has 0 aliphatic heterocycles. The van der Waals surface area contributed by atoms with Gasteiger partial charge >= 0.3 is 12.2 Å². The smallest absolute Gasteiger partial charge is 0.407 e. The van der Waals surface area contributed by atoms with Crippen molar-refractivity contribution < 1.29 is 19.1 Å². The van der Waals surface area contributed by atoms with Crippen molar-refractivity contribution in [3.63, 3.8) is 0 Å². The topological polar surface area (TPSA) is 76.7 Å². The summed E-state index contributed by atoms with van der Waals surface area (Å²) < 4.78 is 11.0. The second-order valence-electron chi connectivity index (χ2n) is 10.4. The molecular weight excluding hydrogens is 428 g/mol. The second kappa shape index (κ2) is 10.5. The molecule has 1 saturated carbocycles. The van der Waals surface area contributed by atoms with E-state index < -0.39 is 5.60 Å². The molecule has 0 aromatic heterocycles. The zero-order valence-electron chi connectivity index (χ0n) is 20.4. The molecule has 2 aromatic rings. The largest absolute Gasteiger partial charge is 0.449 e. The highest BCUT2D eigenvalue weighted by Gasteiger charge is 2.29. The summed E-state index contributed by atoms with van der Waals surface area (Å²) in [5.74, 6) is 0.622. The van der Waals surface area contributed by atoms with Crippen LogP contribution in [0.25, 0.3) is 11.1 Å². The summed E-state index contributed by atoms with van der Waals surface area (Å²) >= 11 is 0. The summed E-state index contributed by atoms with van der Waals surface area (Å²) in [5.41, 5.74) is 4.40. The van der Waals surface area contributed by atoms with Crippen LogP contribution in [0.3, 0.4) is 0 Å². The molecule has 1 fully saturated rings. The van der Waals surface area contributed by atoms with Crippen LogP contribution in [0, 0.1) is 5.92 Å². The number of hydrogen-bond acceptors (Lipinski definition) is 4. The number of benzene rings is 2. The molecule has 6 heteroatoms. The van der Waals surface area contributed by atoms with E-state index in [2.05, 4.69) is 34.9 Å². The fourth-order valence-electron chi connectivity index (χ4n) is 5.10. The number of hydrogen-bond donors (Lipinski definition) is 2. The van der Waals surface area contributed by atoms with E-state index in [9.17, 15) is 9.59 Å². The minimum atomic E-state index is -0.480. The minimum Gasteiger partial charge on any atom is -0.449 e. The molecule has 182 valence electrons. The van der Waals surface area contributed by atoms with Crippen LogP contribution in [-0.4, -0.2) is 37.0 Å². The molecule has 0 radical (unpaired) electrons. The Hall–Kier alpha value is -3.02. The lowest BCUT2D eigenvalue weighted by Gasteiger charge is -2.30. The average molecular weight is 465 g/mol. The van der Waals surface area contributed by atoms with E-state index in [0.717, 1.165) is 32.1 Å². The molecule has 6 nitrogen and oxygen atoms in total. The number of carbonyl (C=O) groups excluding carboxylic acids is 2. The molecule has 0 atom stereocenters. The van der Waals surface area contributed by atoms with Gasteiger partial charge in [0.05, 0.1) is 0 Å². The highest BCUT2D eigenvalue weighted by atomic mass is 16.6. The van der Waals surface area contributed by atoms with Gasteiger partial charge in [0.15, 0.2) is 0 Å². The van der Waals surface area contributed by atoms with Crippen LogP contribution in [-0.2, 0) is 9.47 Å². The van der Waals surface area contributed by atoms with Gasteiger partial charge in [-0.1, -0.05) is 48.5 Å². The maximum absolute atomic E-state index is 12.4. The highest BCUT2D eigenvalue weighted by Crippen LogP contribution is 2.44. The van der Waals surface area contributed by atoms with Crippen molar-refractivity contribution >= 4 is 12.2 Å². The SMILES string of the molecule is CC(C)(C)OC(=O)NC1CCC(CCNC(=O)OCC2c3ccccc3-c3ccccc32)CC1. The first-order chi connectivity index (χ1) is 16.3. The first-order valence-corrected chi connectivity index (χ1v) is 12.4. The van der Waals surface area contributed by atoms with E-state index in [0.29, 0.717) is 19.1 Å². The average Bonchev–Trinajstić information content (AvgIpc) is 3.11. The third-order valence-corrected chi connectivity index (χ3v) is 6.73. The molecule has 2 N–H and O–H groups in total. The van der Waals surface area contributed by atoms with E-state index in [1.54, 1.807) is 0 Å². The Morgan fingerprint density at radius 1 is 0.882 bits per heavy atom. The van der Waals surface area contributed by atoms with Gasteiger partial charge in [0, 0.05) is 18.5 Å². The number of amides is 2. The first-order valence-electron chi connectivity index (χ1n) is 12.4. The van der Waals surface area contributed by atoms with E-state index >= 15 is 0 Å². The summed E-state index contributed by atoms with van der Waals surface area (Å²) in [4.78, 5) is 24.3. The summed E-state index contributed by atoms with van der Waals surface area (Å²) in [6, 6.07) is 16.8. The number of alkyl carbamates (subject to hydrolysis) is 2. The second-order valence-corrected chi connectivity index (χ2v) is 10.4. The summed E-state index contributed by atoms with van der Waals surface area (Å²) in [7, 11) is 0. The monoisotopic (exact) mass is 464 g/mol. The summed E-state index contributed by atoms with van der Waals surface area (Å²) in [6.45, 7) is 6.54. The van der Waals surface area contributed by atoms with Crippen molar-refractivity contribution in [3.05, 3.63) is 59.7 Å². The van der Waals surface area contributed by atoms with E-state index in [4.69, 9.17) is 9.47 Å². The molecule has 4 rings (SSSR count). The minimum absolute atomic E-state index is 0.0749. The number of carbonyl (C=O) groups is 2. The molecule has 0 spiro atoms. The number of ether oxygens (including phenoxy) is 2. The maximum Gasteiger partial charge on any atom is 0.407 e. The normalized spacial score (nSPS) is 19.6. The third kappa shape index (κ3) is 6.10. The Morgan fingerprint density at radius 3 is 2.06 bits per heavy atom. The molecule has 34 heavy (non-hydrogen) atoms. The fourth-order valence-corrected chi connectivity index (χ4v) is 5.10. The lowest BCUT2D eigenvalue weighted by molar-refractivity contribution is 0.0486. The standard InChI is InChI=1S/C28H36N2O4/c1-28(2,3)34-27(32)30-20-14-12-19(13-15-20)16-17-29-26(31)33-18-25-23-10-6-4-8-21(23)22-9-5-7-11-24(22)25/h4-11,19-20,25H,12-18H2,1-3H3,(H,29,31)(H,30,32). The van der Waals surface area contributed by atoms with Crippen molar-refractivity contribution in [2.24, 2.45) is 5.92 Å². The molecular formula is C28H36N2O4. The molecule has 2 aliphatic rings. The molecule has 2 aliphatic carbocycles. The highest BCUT2D eigenvalue weighted by molar-refractivity contribution is 5.79. The Labute approximate surface area is 202 Å². The van der Waals surface area contributed by atoms with Crippen molar-refractivity contribution in [2.45, 2.75) is 70.4 Å². The van der Waals surface area contributed by atoms with Crippen molar-refractivity contribution in [1.29, 1.82) is 0 Å². The first kappa shape index (κ1) is 24.1. The van der Waals surface area contributed by atoms with Gasteiger partial charge in [-0.3, -0.25) is 0 Å². The van der Waals surface area contributed by atoms with Gasteiger partial charge in [-0.15, -0.1) is 0 Å². The van der Waals surface area contributed by atoms with Gasteiger partial charge in [0.1, 0.15) is 12.2 Å². The van der Waals surface area contributed by atoms with Crippen LogP contribution in [0.2, 0.25) is 0 Å². The fraction of sp³-hybridized carbons (Fsp3) is 0.500. The lowest BCUT2D eigenvalue weighted by atomic mass is 9.84. The Morgan fingerprint density at radius 2 is 1.47 bits per heavy atom. The van der Waals surface area contributed by atoms with E-state index in [1.165, 1.54) is 22.3 Å². The maximum atomic E-state index is 12.4. The quantitative estimate of drug-likeness (QED) is 0.550. The van der Waals surface area contributed by atoms with Gasteiger partial charge in [-0.2, -0.15) is 0 Å². The Kier molecular flexibility index (Phi) is 7.44. The number of rotatable bonds is 6. The summed E-state index contributed by atoms with van der Waals surface area (Å²) in [5, 5.41) is 5.90. The van der Waals surface area contributed by atoms with Crippen LogP contribution in [0.1, 0.15) is 69.9 Å². The molecule has 0 saturated heterocycles. The van der Waals surface area contributed by atoms with Gasteiger partial charge in [0.25, 0.3) is 0 Å². The van der Waals surface area contributed by atoms with Gasteiger partial charge in [0.2, 0.25) is 0 Å². The van der Waals surface area contributed by atoms with Crippen LogP contribution >= 0.6 is 0 Å². The van der Waals surface area contributed by atoms with Crippen molar-refractivity contribution in [1.82, 2.24) is 10.6 Å². The van der Waals surface area contributed by atoms with E-state index in [1.807, 2.05) is 45.0 Å². The molecule has 0 heterocycles. The van der Waals surface area contributed by atoms with Crippen LogP contribution in [0.5, 0.6) is 0 Å². The number of fused-ring (bicyclic) bond motifs is 3. The van der Waals surface area contributed by atoms with Crippen LogP contribution in [0.4, 0.5) is 9.59 Å². The van der Waals surface area contributed by atoms with Gasteiger partial charge in [-0.25, -0.2) is 9.59 Å². The molecule has 2 amide bonds. The third-order valence-electron chi connectivity index (χ3n) is 6.73. The van der Waals surface area contributed by atoms with Crippen molar-refractivity contribution in [3.8, 4) is 11.1 Å². The van der Waals surface area contributed by atoms with Gasteiger partial charge < -0.3 is 20.1 Å². The van der Waals surface area contributed by atoms with Crippen LogP contribution < -0.4 is 10.6 Å². The zero-order chi connectivity index (χ0) is 24.1. The van der Waals surface area contributed by atoms with Crippen molar-refractivity contribution in [2.75, 3.05) is 13.2 Å². The molecule has 0 unspecified atom stereocenters. The van der Waals surface area contributed by atoms with E-state index in [-0.39, 0.29) is 24.1 Å². The van der Waals surface area contributed by atoms with Gasteiger partial charge in [-0.05, 0) is 81.0 Å². The molecule has 2 aromatic carbocycles. The Balaban J connectivity index is 1.16. The predicted octanol–water partition coefficient (Wildman–Crippen LogP) is 6.00.